The molecule has 42 valence electrons. The van der Waals surface area contributed by atoms with Crippen LogP contribution in [0.3, 0.4) is 0 Å². The number of hydrogen-bond donors (Lipinski definition) is 1. The summed E-state index contributed by atoms with van der Waals surface area (Å²) in [5.74, 6) is 0. The molecule has 0 radical (unpaired) electrons. The molecule has 0 unspecified atom stereocenters. The lowest BCUT2D eigenvalue weighted by Crippen LogP contribution is -2.15. The van der Waals surface area contributed by atoms with Crippen LogP contribution in [-0.4, -0.2) is 28.8 Å². The maximum absolute atomic E-state index is 10.2. The van der Waals surface area contributed by atoms with Crippen LogP contribution in [0.25, 0.3) is 0 Å². The molecule has 0 rings (SSSR count). The van der Waals surface area contributed by atoms with Crippen molar-refractivity contribution in [2.45, 2.75) is 0 Å². The van der Waals surface area contributed by atoms with E-state index in [0.717, 1.165) is 0 Å². The van der Waals surface area contributed by atoms with E-state index >= 15 is 0 Å². The first-order valence-corrected chi connectivity index (χ1v) is 2.48. The average Bonchev–Trinajstić information content (AvgIpc) is 1.65. The fraction of sp³-hybridized carbons (Fsp3) is 0.667. The van der Waals surface area contributed by atoms with E-state index in [2.05, 4.69) is 0 Å². The fourth-order valence-corrected chi connectivity index (χ4v) is 0.245. The molecular formula is C3H7NO2S. The number of amides is 1. The predicted molar refractivity (Wildman–Crippen MR) is 29.3 cm³/mol. The van der Waals surface area contributed by atoms with Crippen LogP contribution in [0, 0.1) is 0 Å². The monoisotopic (exact) mass is 121 g/mol. The molecule has 1 N–H and O–H groups in total. The van der Waals surface area contributed by atoms with Crippen molar-refractivity contribution in [3.63, 3.8) is 0 Å². The zero-order chi connectivity index (χ0) is 5.86. The van der Waals surface area contributed by atoms with Gasteiger partial charge < -0.3 is 9.45 Å². The Hall–Kier alpha value is -0.220. The summed E-state index contributed by atoms with van der Waals surface area (Å²) in [6.45, 7) is 0. The van der Waals surface area contributed by atoms with E-state index in [1.165, 1.54) is 4.90 Å². The lowest BCUT2D eigenvalue weighted by atomic mass is 11.0. The Kier molecular flexibility index (Phi) is 2.78. The molecule has 0 heterocycles. The molecule has 0 aliphatic carbocycles. The maximum Gasteiger partial charge on any atom is 0.307 e. The highest BCUT2D eigenvalue weighted by Crippen LogP contribution is 1.96. The predicted octanol–water partition coefficient (Wildman–Crippen LogP) is 0.874. The van der Waals surface area contributed by atoms with Gasteiger partial charge in [0.25, 0.3) is 0 Å². The minimum absolute atomic E-state index is 0.220. The Bertz CT molecular complexity index is 73.3. The highest BCUT2D eigenvalue weighted by atomic mass is 32.2. The third kappa shape index (κ3) is 2.47. The van der Waals surface area contributed by atoms with Crippen molar-refractivity contribution in [2.24, 2.45) is 0 Å². The molecule has 0 spiro atoms. The highest BCUT2D eigenvalue weighted by molar-refractivity contribution is 8.08. The first kappa shape index (κ1) is 6.78. The second-order valence-electron chi connectivity index (χ2n) is 1.25. The van der Waals surface area contributed by atoms with Gasteiger partial charge in [-0.1, -0.05) is 0 Å². The first-order chi connectivity index (χ1) is 3.18. The Morgan fingerprint density at radius 2 is 2.14 bits per heavy atom. The standard InChI is InChI=1S/C3H7NO2S/c1-4(2)3(5)7-6/h6H,1-2H3. The number of carbonyl (C=O) groups is 1. The van der Waals surface area contributed by atoms with Gasteiger partial charge in [0.15, 0.2) is 0 Å². The van der Waals surface area contributed by atoms with E-state index in [1.54, 1.807) is 14.1 Å². The largest absolute Gasteiger partial charge is 0.338 e. The number of rotatable bonds is 0. The summed E-state index contributed by atoms with van der Waals surface area (Å²) in [7, 11) is 3.15. The van der Waals surface area contributed by atoms with Crippen molar-refractivity contribution < 1.29 is 9.35 Å². The van der Waals surface area contributed by atoms with E-state index in [1.807, 2.05) is 0 Å². The summed E-state index contributed by atoms with van der Waals surface area (Å²) in [6.07, 6.45) is 0. The summed E-state index contributed by atoms with van der Waals surface area (Å²) in [6, 6.07) is 0. The molecule has 0 bridgehead atoms. The molecule has 0 fully saturated rings. The molecule has 0 atom stereocenters. The molecule has 0 aromatic heterocycles. The maximum atomic E-state index is 10.2. The Labute approximate surface area is 46.5 Å². The van der Waals surface area contributed by atoms with Crippen molar-refractivity contribution in [3.8, 4) is 0 Å². The normalized spacial score (nSPS) is 8.43. The zero-order valence-electron chi connectivity index (χ0n) is 4.21. The number of carbonyl (C=O) groups excluding carboxylic acids is 1. The second-order valence-corrected chi connectivity index (χ2v) is 1.78. The van der Waals surface area contributed by atoms with Gasteiger partial charge in [-0.3, -0.25) is 4.79 Å². The van der Waals surface area contributed by atoms with Crippen LogP contribution >= 0.6 is 12.0 Å². The molecule has 0 aliphatic rings. The molecule has 3 nitrogen and oxygen atoms in total. The Morgan fingerprint density at radius 3 is 2.14 bits per heavy atom. The molecule has 0 saturated heterocycles. The summed E-state index contributed by atoms with van der Waals surface area (Å²) in [5, 5.41) is -0.347. The van der Waals surface area contributed by atoms with Gasteiger partial charge in [-0.2, -0.15) is 0 Å². The first-order valence-electron chi connectivity index (χ1n) is 1.71. The van der Waals surface area contributed by atoms with Gasteiger partial charge in [0, 0.05) is 14.1 Å². The lowest BCUT2D eigenvalue weighted by Gasteiger charge is -2.03. The topological polar surface area (TPSA) is 40.5 Å². The molecule has 0 aliphatic heterocycles. The summed E-state index contributed by atoms with van der Waals surface area (Å²) in [4.78, 5) is 11.4. The second kappa shape index (κ2) is 2.87. The lowest BCUT2D eigenvalue weighted by molar-refractivity contribution is 0.240. The summed E-state index contributed by atoms with van der Waals surface area (Å²) in [5.41, 5.74) is 0. The highest BCUT2D eigenvalue weighted by Gasteiger charge is 1.98. The van der Waals surface area contributed by atoms with Gasteiger partial charge in [0.1, 0.15) is 0 Å². The molecule has 4 heteroatoms. The van der Waals surface area contributed by atoms with Crippen LogP contribution in [0.4, 0.5) is 4.79 Å². The molecular weight excluding hydrogens is 114 g/mol. The zero-order valence-corrected chi connectivity index (χ0v) is 5.03. The summed E-state index contributed by atoms with van der Waals surface area (Å²) >= 11 is 0.220. The van der Waals surface area contributed by atoms with Gasteiger partial charge >= 0.3 is 5.24 Å². The van der Waals surface area contributed by atoms with Crippen LogP contribution in [0.2, 0.25) is 0 Å². The summed E-state index contributed by atoms with van der Waals surface area (Å²) < 4.78 is 8.03. The van der Waals surface area contributed by atoms with Gasteiger partial charge in [0.05, 0.1) is 12.0 Å². The Balaban J connectivity index is 3.35. The van der Waals surface area contributed by atoms with Crippen LogP contribution in [0.15, 0.2) is 0 Å². The van der Waals surface area contributed by atoms with Gasteiger partial charge in [-0.15, -0.1) is 0 Å². The third-order valence-corrected chi connectivity index (χ3v) is 0.965. The van der Waals surface area contributed by atoms with E-state index in [0.29, 0.717) is 0 Å². The molecule has 7 heavy (non-hydrogen) atoms. The van der Waals surface area contributed by atoms with Crippen molar-refractivity contribution in [1.29, 1.82) is 0 Å². The van der Waals surface area contributed by atoms with Gasteiger partial charge in [-0.05, 0) is 0 Å². The van der Waals surface area contributed by atoms with Crippen molar-refractivity contribution >= 4 is 17.3 Å². The van der Waals surface area contributed by atoms with Crippen LogP contribution in [0.5, 0.6) is 0 Å². The van der Waals surface area contributed by atoms with Gasteiger partial charge in [0.2, 0.25) is 0 Å². The molecule has 0 aromatic carbocycles. The van der Waals surface area contributed by atoms with Gasteiger partial charge in [-0.25, -0.2) is 0 Å². The van der Waals surface area contributed by atoms with Crippen molar-refractivity contribution in [3.05, 3.63) is 0 Å². The van der Waals surface area contributed by atoms with E-state index in [-0.39, 0.29) is 17.3 Å². The third-order valence-electron chi connectivity index (χ3n) is 0.443. The van der Waals surface area contributed by atoms with Crippen LogP contribution in [0.1, 0.15) is 0 Å². The quantitative estimate of drug-likeness (QED) is 0.483. The fourth-order valence-electron chi connectivity index (χ4n) is 0.0816. The van der Waals surface area contributed by atoms with Crippen LogP contribution in [-0.2, 0) is 0 Å². The smallest absolute Gasteiger partial charge is 0.307 e. The Morgan fingerprint density at radius 1 is 1.71 bits per heavy atom. The average molecular weight is 121 g/mol. The minimum Gasteiger partial charge on any atom is -0.338 e. The van der Waals surface area contributed by atoms with Crippen molar-refractivity contribution in [1.82, 2.24) is 4.90 Å². The molecule has 0 saturated carbocycles. The van der Waals surface area contributed by atoms with E-state index in [9.17, 15) is 4.79 Å². The minimum atomic E-state index is -0.347. The van der Waals surface area contributed by atoms with E-state index in [4.69, 9.17) is 4.55 Å². The van der Waals surface area contributed by atoms with E-state index < -0.39 is 0 Å². The van der Waals surface area contributed by atoms with Crippen LogP contribution < -0.4 is 0 Å². The SMILES string of the molecule is CN(C)C(=O)SO. The number of nitrogens with zero attached hydrogens (tertiary/aromatic N) is 1. The molecule has 0 aromatic rings. The molecule has 1 amide bonds. The number of hydrogen-bond acceptors (Lipinski definition) is 3. The van der Waals surface area contributed by atoms with Crippen molar-refractivity contribution in [2.75, 3.05) is 14.1 Å².